The highest BCUT2D eigenvalue weighted by molar-refractivity contribution is 7.92. The van der Waals surface area contributed by atoms with Crippen molar-refractivity contribution >= 4 is 21.6 Å². The molecule has 130 valence electrons. The van der Waals surface area contributed by atoms with Crippen LogP contribution in [0.1, 0.15) is 23.3 Å². The molecule has 2 rings (SSSR count). The largest absolute Gasteiger partial charge is 0.467 e. The predicted octanol–water partition coefficient (Wildman–Crippen LogP) is 2.37. The Morgan fingerprint density at radius 3 is 2.38 bits per heavy atom. The van der Waals surface area contributed by atoms with E-state index in [0.717, 1.165) is 17.4 Å². The molecule has 0 atom stereocenters. The van der Waals surface area contributed by atoms with Gasteiger partial charge in [-0.25, -0.2) is 8.42 Å². The number of amides is 1. The van der Waals surface area contributed by atoms with E-state index in [4.69, 9.17) is 4.42 Å². The van der Waals surface area contributed by atoms with E-state index < -0.39 is 10.0 Å². The van der Waals surface area contributed by atoms with Gasteiger partial charge in [-0.15, -0.1) is 0 Å². The van der Waals surface area contributed by atoms with E-state index in [1.165, 1.54) is 10.6 Å². The summed E-state index contributed by atoms with van der Waals surface area (Å²) in [4.78, 5) is 12.0. The molecular formula is C17H22N2O4S. The normalized spacial score (nSPS) is 11.3. The fourth-order valence-corrected chi connectivity index (χ4v) is 3.58. The summed E-state index contributed by atoms with van der Waals surface area (Å²) in [7, 11) is -3.48. The van der Waals surface area contributed by atoms with Crippen LogP contribution >= 0.6 is 0 Å². The van der Waals surface area contributed by atoms with Crippen molar-refractivity contribution in [1.29, 1.82) is 0 Å². The summed E-state index contributed by atoms with van der Waals surface area (Å²) in [5.74, 6) is 0.421. The van der Waals surface area contributed by atoms with E-state index in [2.05, 4.69) is 5.32 Å². The van der Waals surface area contributed by atoms with Crippen LogP contribution in [0.4, 0.5) is 5.69 Å². The summed E-state index contributed by atoms with van der Waals surface area (Å²) in [5.41, 5.74) is 2.35. The van der Waals surface area contributed by atoms with Gasteiger partial charge in [-0.05, 0) is 37.1 Å². The van der Waals surface area contributed by atoms with Crippen LogP contribution in [-0.4, -0.2) is 27.1 Å². The Balaban J connectivity index is 2.06. The third kappa shape index (κ3) is 4.61. The molecular weight excluding hydrogens is 328 g/mol. The molecule has 1 amide bonds. The second kappa shape index (κ2) is 7.53. The molecule has 1 heterocycles. The van der Waals surface area contributed by atoms with Crippen molar-refractivity contribution in [3.63, 3.8) is 0 Å². The first-order valence-corrected chi connectivity index (χ1v) is 9.47. The number of carbonyl (C=O) groups excluding carboxylic acids is 1. The molecule has 1 aromatic carbocycles. The lowest BCUT2D eigenvalue weighted by Gasteiger charge is -2.25. The monoisotopic (exact) mass is 350 g/mol. The number of aryl methyl sites for hydroxylation is 2. The lowest BCUT2D eigenvalue weighted by molar-refractivity contribution is -0.121. The molecule has 1 N–H and O–H groups in total. The minimum Gasteiger partial charge on any atom is -0.467 e. The van der Waals surface area contributed by atoms with Gasteiger partial charge in [0.2, 0.25) is 15.9 Å². The zero-order valence-corrected chi connectivity index (χ0v) is 14.9. The summed E-state index contributed by atoms with van der Waals surface area (Å²) >= 11 is 0. The highest BCUT2D eigenvalue weighted by atomic mass is 32.2. The Kier molecular flexibility index (Phi) is 5.66. The van der Waals surface area contributed by atoms with Gasteiger partial charge in [0, 0.05) is 13.0 Å². The molecule has 0 radical (unpaired) electrons. The zero-order valence-electron chi connectivity index (χ0n) is 14.1. The molecule has 0 unspecified atom stereocenters. The van der Waals surface area contributed by atoms with E-state index in [-0.39, 0.29) is 25.4 Å². The van der Waals surface area contributed by atoms with Crippen molar-refractivity contribution in [3.05, 3.63) is 53.5 Å². The Hall–Kier alpha value is -2.28. The van der Waals surface area contributed by atoms with Crippen molar-refractivity contribution < 1.29 is 17.6 Å². The molecule has 0 aliphatic carbocycles. The highest BCUT2D eigenvalue weighted by Crippen LogP contribution is 2.26. The molecule has 0 fully saturated rings. The fraction of sp³-hybridized carbons (Fsp3) is 0.353. The third-order valence-electron chi connectivity index (χ3n) is 3.67. The lowest BCUT2D eigenvalue weighted by atomic mass is 10.1. The number of hydrogen-bond donors (Lipinski definition) is 1. The van der Waals surface area contributed by atoms with Crippen molar-refractivity contribution in [2.24, 2.45) is 0 Å². The maximum Gasteiger partial charge on any atom is 0.232 e. The lowest BCUT2D eigenvalue weighted by Crippen LogP contribution is -2.35. The van der Waals surface area contributed by atoms with E-state index in [1.54, 1.807) is 12.1 Å². The molecule has 0 bridgehead atoms. The Labute approximate surface area is 142 Å². The van der Waals surface area contributed by atoms with Crippen molar-refractivity contribution in [2.75, 3.05) is 17.1 Å². The molecule has 0 spiro atoms. The van der Waals surface area contributed by atoms with Crippen LogP contribution in [0.2, 0.25) is 0 Å². The molecule has 1 aromatic heterocycles. The van der Waals surface area contributed by atoms with E-state index in [9.17, 15) is 13.2 Å². The van der Waals surface area contributed by atoms with Gasteiger partial charge in [-0.1, -0.05) is 18.2 Å². The summed E-state index contributed by atoms with van der Waals surface area (Å²) in [6, 6.07) is 9.10. The minimum atomic E-state index is -3.48. The molecule has 0 saturated heterocycles. The zero-order chi connectivity index (χ0) is 17.7. The van der Waals surface area contributed by atoms with Crippen molar-refractivity contribution in [1.82, 2.24) is 5.32 Å². The van der Waals surface area contributed by atoms with Gasteiger partial charge in [0.05, 0.1) is 24.8 Å². The minimum absolute atomic E-state index is 0.0710. The summed E-state index contributed by atoms with van der Waals surface area (Å²) in [6.45, 7) is 4.09. The molecule has 7 heteroatoms. The van der Waals surface area contributed by atoms with Crippen LogP contribution in [0.25, 0.3) is 0 Å². The Morgan fingerprint density at radius 1 is 1.17 bits per heavy atom. The molecule has 24 heavy (non-hydrogen) atoms. The number of hydrogen-bond acceptors (Lipinski definition) is 4. The maximum absolute atomic E-state index is 12.2. The molecule has 2 aromatic rings. The van der Waals surface area contributed by atoms with Crippen molar-refractivity contribution in [3.8, 4) is 0 Å². The number of sulfonamides is 1. The number of benzene rings is 1. The summed E-state index contributed by atoms with van der Waals surface area (Å²) in [6.07, 6.45) is 2.76. The maximum atomic E-state index is 12.2. The molecule has 0 aliphatic rings. The van der Waals surface area contributed by atoms with Gasteiger partial charge in [-0.3, -0.25) is 9.10 Å². The average Bonchev–Trinajstić information content (AvgIpc) is 3.00. The number of furan rings is 1. The van der Waals surface area contributed by atoms with Crippen LogP contribution < -0.4 is 9.62 Å². The first-order chi connectivity index (χ1) is 11.3. The topological polar surface area (TPSA) is 79.6 Å². The first kappa shape index (κ1) is 18.1. The van der Waals surface area contributed by atoms with Crippen molar-refractivity contribution in [2.45, 2.75) is 26.8 Å². The van der Waals surface area contributed by atoms with Gasteiger partial charge in [-0.2, -0.15) is 0 Å². The van der Waals surface area contributed by atoms with Crippen LogP contribution in [0, 0.1) is 13.8 Å². The van der Waals surface area contributed by atoms with E-state index in [1.807, 2.05) is 32.0 Å². The van der Waals surface area contributed by atoms with Crippen LogP contribution in [0.3, 0.4) is 0 Å². The average molecular weight is 350 g/mol. The van der Waals surface area contributed by atoms with Gasteiger partial charge in [0.1, 0.15) is 5.76 Å². The third-order valence-corrected chi connectivity index (χ3v) is 4.84. The van der Waals surface area contributed by atoms with E-state index in [0.29, 0.717) is 11.4 Å². The molecule has 0 saturated carbocycles. The number of rotatable bonds is 7. The second-order valence-corrected chi connectivity index (χ2v) is 7.59. The number of carbonyl (C=O) groups is 1. The van der Waals surface area contributed by atoms with Crippen LogP contribution in [0.5, 0.6) is 0 Å². The van der Waals surface area contributed by atoms with E-state index >= 15 is 0 Å². The Morgan fingerprint density at radius 2 is 1.83 bits per heavy atom. The van der Waals surface area contributed by atoms with Crippen LogP contribution in [0.15, 0.2) is 41.0 Å². The Bertz CT molecular complexity index is 778. The molecule has 0 aliphatic heterocycles. The number of nitrogens with zero attached hydrogens (tertiary/aromatic N) is 1. The summed E-state index contributed by atoms with van der Waals surface area (Å²) in [5, 5.41) is 2.72. The van der Waals surface area contributed by atoms with Gasteiger partial charge in [0.15, 0.2) is 0 Å². The predicted molar refractivity (Wildman–Crippen MR) is 93.3 cm³/mol. The SMILES string of the molecule is Cc1cccc(C)c1N(CCC(=O)NCc1ccco1)S(C)(=O)=O. The number of para-hydroxylation sites is 1. The highest BCUT2D eigenvalue weighted by Gasteiger charge is 2.21. The number of anilines is 1. The summed E-state index contributed by atoms with van der Waals surface area (Å²) < 4.78 is 30.8. The fourth-order valence-electron chi connectivity index (χ4n) is 2.53. The smallest absolute Gasteiger partial charge is 0.232 e. The van der Waals surface area contributed by atoms with Gasteiger partial charge >= 0.3 is 0 Å². The quantitative estimate of drug-likeness (QED) is 0.831. The number of nitrogens with one attached hydrogen (secondary N) is 1. The van der Waals surface area contributed by atoms with Gasteiger partial charge < -0.3 is 9.73 Å². The molecule has 6 nitrogen and oxygen atoms in total. The standard InChI is InChI=1S/C17H22N2O4S/c1-13-6-4-7-14(2)17(13)19(24(3,21)22)10-9-16(20)18-12-15-8-5-11-23-15/h4-8,11H,9-10,12H2,1-3H3,(H,18,20). The second-order valence-electron chi connectivity index (χ2n) is 5.68. The van der Waals surface area contributed by atoms with Crippen LogP contribution in [-0.2, 0) is 21.4 Å². The van der Waals surface area contributed by atoms with Gasteiger partial charge in [0.25, 0.3) is 0 Å². The first-order valence-electron chi connectivity index (χ1n) is 7.62.